The molecule has 0 unspecified atom stereocenters. The van der Waals surface area contributed by atoms with E-state index in [0.717, 1.165) is 17.7 Å². The fourth-order valence-electron chi connectivity index (χ4n) is 2.48. The molecule has 2 aliphatic rings. The molecule has 2 amide bonds. The van der Waals surface area contributed by atoms with Gasteiger partial charge in [-0.25, -0.2) is 0 Å². The maximum atomic E-state index is 12.1. The van der Waals surface area contributed by atoms with Crippen LogP contribution in [0.15, 0.2) is 18.2 Å². The number of fused-ring (bicyclic) bond motifs is 1. The Morgan fingerprint density at radius 1 is 1.42 bits per heavy atom. The molecule has 0 atom stereocenters. The first-order valence-corrected chi connectivity index (χ1v) is 6.28. The van der Waals surface area contributed by atoms with E-state index in [9.17, 15) is 9.59 Å². The van der Waals surface area contributed by atoms with Crippen molar-refractivity contribution in [2.75, 3.05) is 10.6 Å². The predicted octanol–water partition coefficient (Wildman–Crippen LogP) is 1.81. The minimum atomic E-state index is -0.854. The van der Waals surface area contributed by atoms with Gasteiger partial charge in [-0.3, -0.25) is 9.59 Å². The van der Waals surface area contributed by atoms with Crippen LogP contribution < -0.4 is 10.6 Å². The van der Waals surface area contributed by atoms with Crippen LogP contribution in [0, 0.1) is 16.7 Å². The van der Waals surface area contributed by atoms with Gasteiger partial charge in [-0.1, -0.05) is 0 Å². The molecule has 5 nitrogen and oxygen atoms in total. The van der Waals surface area contributed by atoms with E-state index in [1.165, 1.54) is 0 Å². The normalized spacial score (nSPS) is 18.8. The third-order valence-electron chi connectivity index (χ3n) is 3.84. The molecule has 1 saturated carbocycles. The first kappa shape index (κ1) is 11.7. The summed E-state index contributed by atoms with van der Waals surface area (Å²) < 4.78 is 0. The number of rotatable bonds is 2. The number of nitrogens with zero attached hydrogens (tertiary/aromatic N) is 1. The molecule has 1 aromatic rings. The average Bonchev–Trinajstić information content (AvgIpc) is 2.67. The quantitative estimate of drug-likeness (QED) is 0.845. The van der Waals surface area contributed by atoms with Crippen LogP contribution in [0.2, 0.25) is 0 Å². The van der Waals surface area contributed by atoms with Gasteiger partial charge in [0.15, 0.2) is 0 Å². The van der Waals surface area contributed by atoms with Crippen molar-refractivity contribution in [3.8, 4) is 6.07 Å². The fraction of sp³-hybridized carbons (Fsp3) is 0.357. The van der Waals surface area contributed by atoms with Crippen LogP contribution in [-0.2, 0) is 16.0 Å². The molecular formula is C14H13N3O2. The third-order valence-corrected chi connectivity index (χ3v) is 3.84. The number of amides is 2. The number of anilines is 2. The summed E-state index contributed by atoms with van der Waals surface area (Å²) in [6.45, 7) is 0. The zero-order valence-electron chi connectivity index (χ0n) is 10.3. The minimum absolute atomic E-state index is 0.0361. The van der Waals surface area contributed by atoms with Crippen LogP contribution in [0.25, 0.3) is 0 Å². The molecule has 1 aliphatic carbocycles. The molecule has 1 aromatic carbocycles. The number of hydrogen-bond donors (Lipinski definition) is 2. The second-order valence-corrected chi connectivity index (χ2v) is 5.10. The van der Waals surface area contributed by atoms with Gasteiger partial charge in [-0.2, -0.15) is 5.26 Å². The molecule has 1 fully saturated rings. The van der Waals surface area contributed by atoms with E-state index in [2.05, 4.69) is 16.7 Å². The molecule has 0 spiro atoms. The molecule has 19 heavy (non-hydrogen) atoms. The zero-order valence-corrected chi connectivity index (χ0v) is 10.3. The molecule has 0 saturated heterocycles. The summed E-state index contributed by atoms with van der Waals surface area (Å²) in [4.78, 5) is 23.3. The SMILES string of the molecule is N#CC1(C(=O)Nc2ccc3c(c2)CC(=O)N3)CCC1. The first-order chi connectivity index (χ1) is 9.13. The summed E-state index contributed by atoms with van der Waals surface area (Å²) in [5.41, 5.74) is 1.46. The van der Waals surface area contributed by atoms with Crippen molar-refractivity contribution in [1.82, 2.24) is 0 Å². The fourth-order valence-corrected chi connectivity index (χ4v) is 2.48. The summed E-state index contributed by atoms with van der Waals surface area (Å²) in [5.74, 6) is -0.274. The topological polar surface area (TPSA) is 82.0 Å². The van der Waals surface area contributed by atoms with E-state index < -0.39 is 5.41 Å². The van der Waals surface area contributed by atoms with Crippen molar-refractivity contribution >= 4 is 23.2 Å². The van der Waals surface area contributed by atoms with Crippen LogP contribution in [0.4, 0.5) is 11.4 Å². The largest absolute Gasteiger partial charge is 0.326 e. The molecule has 96 valence electrons. The Bertz CT molecular complexity index is 612. The average molecular weight is 255 g/mol. The summed E-state index contributed by atoms with van der Waals surface area (Å²) in [6, 6.07) is 7.42. The molecule has 0 bridgehead atoms. The van der Waals surface area contributed by atoms with Gasteiger partial charge < -0.3 is 10.6 Å². The molecule has 3 rings (SSSR count). The van der Waals surface area contributed by atoms with Gasteiger partial charge in [0.05, 0.1) is 12.5 Å². The smallest absolute Gasteiger partial charge is 0.244 e. The Morgan fingerprint density at radius 2 is 2.21 bits per heavy atom. The van der Waals surface area contributed by atoms with Crippen molar-refractivity contribution in [3.05, 3.63) is 23.8 Å². The first-order valence-electron chi connectivity index (χ1n) is 6.28. The van der Waals surface area contributed by atoms with Gasteiger partial charge in [0.2, 0.25) is 11.8 Å². The maximum absolute atomic E-state index is 12.1. The standard InChI is InChI=1S/C14H13N3O2/c15-8-14(4-1-5-14)13(19)16-10-2-3-11-9(6-10)7-12(18)17-11/h2-3,6H,1,4-5,7H2,(H,16,19)(H,17,18). The van der Waals surface area contributed by atoms with Crippen molar-refractivity contribution in [2.45, 2.75) is 25.7 Å². The van der Waals surface area contributed by atoms with Gasteiger partial charge in [0, 0.05) is 11.4 Å². The summed E-state index contributed by atoms with van der Waals surface area (Å²) in [6.07, 6.45) is 2.51. The molecule has 0 aromatic heterocycles. The van der Waals surface area contributed by atoms with Crippen LogP contribution in [0.5, 0.6) is 0 Å². The predicted molar refractivity (Wildman–Crippen MR) is 69.3 cm³/mol. The number of hydrogen-bond acceptors (Lipinski definition) is 3. The molecule has 1 aliphatic heterocycles. The van der Waals surface area contributed by atoms with E-state index >= 15 is 0 Å². The second kappa shape index (κ2) is 4.09. The van der Waals surface area contributed by atoms with E-state index in [-0.39, 0.29) is 11.8 Å². The number of carbonyl (C=O) groups excluding carboxylic acids is 2. The number of carbonyl (C=O) groups is 2. The lowest BCUT2D eigenvalue weighted by atomic mass is 9.69. The summed E-state index contributed by atoms with van der Waals surface area (Å²) in [7, 11) is 0. The van der Waals surface area contributed by atoms with Crippen LogP contribution >= 0.6 is 0 Å². The molecule has 1 heterocycles. The van der Waals surface area contributed by atoms with Crippen molar-refractivity contribution in [2.24, 2.45) is 5.41 Å². The van der Waals surface area contributed by atoms with Gasteiger partial charge in [0.1, 0.15) is 5.41 Å². The lowest BCUT2D eigenvalue weighted by Gasteiger charge is -2.33. The van der Waals surface area contributed by atoms with Gasteiger partial charge in [-0.05, 0) is 43.0 Å². The molecular weight excluding hydrogens is 242 g/mol. The third kappa shape index (κ3) is 1.85. The molecule has 2 N–H and O–H groups in total. The van der Waals surface area contributed by atoms with Gasteiger partial charge in [0.25, 0.3) is 0 Å². The van der Waals surface area contributed by atoms with Gasteiger partial charge >= 0.3 is 0 Å². The molecule has 5 heteroatoms. The number of nitrogens with one attached hydrogen (secondary N) is 2. The monoisotopic (exact) mass is 255 g/mol. The minimum Gasteiger partial charge on any atom is -0.326 e. The Balaban J connectivity index is 1.78. The molecule has 0 radical (unpaired) electrons. The Labute approximate surface area is 110 Å². The van der Waals surface area contributed by atoms with Crippen molar-refractivity contribution in [3.63, 3.8) is 0 Å². The number of nitriles is 1. The van der Waals surface area contributed by atoms with E-state index in [1.54, 1.807) is 18.2 Å². The van der Waals surface area contributed by atoms with Gasteiger partial charge in [-0.15, -0.1) is 0 Å². The summed E-state index contributed by atoms with van der Waals surface area (Å²) >= 11 is 0. The Hall–Kier alpha value is -2.35. The lowest BCUT2D eigenvalue weighted by molar-refractivity contribution is -0.126. The highest BCUT2D eigenvalue weighted by Gasteiger charge is 2.44. The van der Waals surface area contributed by atoms with Crippen LogP contribution in [-0.4, -0.2) is 11.8 Å². The van der Waals surface area contributed by atoms with E-state index in [4.69, 9.17) is 5.26 Å². The highest BCUT2D eigenvalue weighted by molar-refractivity contribution is 6.01. The Morgan fingerprint density at radius 3 is 2.84 bits per heavy atom. The highest BCUT2D eigenvalue weighted by atomic mass is 16.2. The van der Waals surface area contributed by atoms with Crippen molar-refractivity contribution in [1.29, 1.82) is 5.26 Å². The van der Waals surface area contributed by atoms with E-state index in [0.29, 0.717) is 24.9 Å². The zero-order chi connectivity index (χ0) is 13.5. The highest BCUT2D eigenvalue weighted by Crippen LogP contribution is 2.41. The lowest BCUT2D eigenvalue weighted by Crippen LogP contribution is -2.40. The van der Waals surface area contributed by atoms with Crippen LogP contribution in [0.1, 0.15) is 24.8 Å². The second-order valence-electron chi connectivity index (χ2n) is 5.10. The van der Waals surface area contributed by atoms with E-state index in [1.807, 2.05) is 0 Å². The maximum Gasteiger partial charge on any atom is 0.244 e. The number of benzene rings is 1. The summed E-state index contributed by atoms with van der Waals surface area (Å²) in [5, 5.41) is 14.6. The van der Waals surface area contributed by atoms with Crippen molar-refractivity contribution < 1.29 is 9.59 Å². The van der Waals surface area contributed by atoms with Crippen LogP contribution in [0.3, 0.4) is 0 Å². The Kier molecular flexibility index (Phi) is 2.53.